The van der Waals surface area contributed by atoms with E-state index >= 15 is 0 Å². The van der Waals surface area contributed by atoms with Crippen LogP contribution in [0.25, 0.3) is 6.08 Å². The lowest BCUT2D eigenvalue weighted by molar-refractivity contribution is -0.112. The second-order valence-corrected chi connectivity index (χ2v) is 5.92. The van der Waals surface area contributed by atoms with E-state index in [1.54, 1.807) is 30.3 Å². The van der Waals surface area contributed by atoms with Crippen LogP contribution in [0.2, 0.25) is 0 Å². The van der Waals surface area contributed by atoms with Gasteiger partial charge >= 0.3 is 5.97 Å². The Bertz CT molecular complexity index is 895. The van der Waals surface area contributed by atoms with Gasteiger partial charge in [0.05, 0.1) is 11.7 Å². The van der Waals surface area contributed by atoms with Crippen LogP contribution < -0.4 is 10.1 Å². The van der Waals surface area contributed by atoms with Crippen molar-refractivity contribution < 1.29 is 19.4 Å². The quantitative estimate of drug-likeness (QED) is 0.569. The second kappa shape index (κ2) is 9.20. The van der Waals surface area contributed by atoms with Gasteiger partial charge in [0.2, 0.25) is 0 Å². The molecular formula is C21H20N2O4. The second-order valence-electron chi connectivity index (χ2n) is 5.92. The number of anilines is 1. The van der Waals surface area contributed by atoms with Crippen molar-refractivity contribution in [1.29, 1.82) is 5.26 Å². The summed E-state index contributed by atoms with van der Waals surface area (Å²) < 4.78 is 5.69. The summed E-state index contributed by atoms with van der Waals surface area (Å²) in [6.07, 6.45) is 2.46. The zero-order valence-corrected chi connectivity index (χ0v) is 15.1. The summed E-state index contributed by atoms with van der Waals surface area (Å²) in [6.45, 7) is 4.01. The molecule has 1 amide bonds. The van der Waals surface area contributed by atoms with Crippen LogP contribution in [0, 0.1) is 11.3 Å². The fraction of sp³-hybridized carbons (Fsp3) is 0.190. The molecule has 0 aromatic heterocycles. The summed E-state index contributed by atoms with van der Waals surface area (Å²) in [7, 11) is 0. The Hall–Kier alpha value is -3.59. The molecule has 6 nitrogen and oxygen atoms in total. The van der Waals surface area contributed by atoms with Gasteiger partial charge in [0.25, 0.3) is 5.91 Å². The van der Waals surface area contributed by atoms with Gasteiger partial charge < -0.3 is 15.2 Å². The third-order valence-electron chi connectivity index (χ3n) is 3.84. The highest BCUT2D eigenvalue weighted by atomic mass is 16.5. The van der Waals surface area contributed by atoms with E-state index < -0.39 is 11.9 Å². The first-order chi connectivity index (χ1) is 12.9. The normalized spacial score (nSPS) is 12.0. The molecule has 0 fully saturated rings. The van der Waals surface area contributed by atoms with Crippen molar-refractivity contribution in [2.45, 2.75) is 26.4 Å². The summed E-state index contributed by atoms with van der Waals surface area (Å²) >= 11 is 0. The van der Waals surface area contributed by atoms with Gasteiger partial charge in [-0.2, -0.15) is 5.26 Å². The SMILES string of the molecule is CC[C@H](C)Oc1ccc(/C=C(/C#N)C(=O)Nc2cccc(C(=O)O)c2)cc1. The third kappa shape index (κ3) is 5.72. The summed E-state index contributed by atoms with van der Waals surface area (Å²) in [5.74, 6) is -0.989. The Morgan fingerprint density at radius 1 is 1.26 bits per heavy atom. The Morgan fingerprint density at radius 2 is 1.96 bits per heavy atom. The maximum Gasteiger partial charge on any atom is 0.335 e. The highest BCUT2D eigenvalue weighted by Crippen LogP contribution is 2.18. The fourth-order valence-electron chi connectivity index (χ4n) is 2.20. The Balaban J connectivity index is 2.13. The number of carboxylic acid groups (broad SMARTS) is 1. The van der Waals surface area contributed by atoms with Gasteiger partial charge in [0, 0.05) is 5.69 Å². The average molecular weight is 364 g/mol. The van der Waals surface area contributed by atoms with Crippen LogP contribution in [0.3, 0.4) is 0 Å². The van der Waals surface area contributed by atoms with Gasteiger partial charge in [-0.1, -0.05) is 25.1 Å². The fourth-order valence-corrected chi connectivity index (χ4v) is 2.20. The topological polar surface area (TPSA) is 99.4 Å². The number of carbonyl (C=O) groups excluding carboxylic acids is 1. The van der Waals surface area contributed by atoms with Crippen molar-refractivity contribution >= 4 is 23.6 Å². The number of carbonyl (C=O) groups is 2. The molecule has 27 heavy (non-hydrogen) atoms. The molecule has 138 valence electrons. The molecule has 2 aromatic rings. The van der Waals surface area contributed by atoms with Gasteiger partial charge in [-0.15, -0.1) is 0 Å². The maximum absolute atomic E-state index is 12.3. The minimum Gasteiger partial charge on any atom is -0.491 e. The van der Waals surface area contributed by atoms with E-state index in [1.807, 2.05) is 19.9 Å². The smallest absolute Gasteiger partial charge is 0.335 e. The Morgan fingerprint density at radius 3 is 2.56 bits per heavy atom. The van der Waals surface area contributed by atoms with Crippen LogP contribution in [0.5, 0.6) is 5.75 Å². The molecule has 0 aliphatic carbocycles. The van der Waals surface area contributed by atoms with Crippen molar-refractivity contribution in [2.75, 3.05) is 5.32 Å². The van der Waals surface area contributed by atoms with Crippen molar-refractivity contribution in [1.82, 2.24) is 0 Å². The lowest BCUT2D eigenvalue weighted by atomic mass is 10.1. The molecule has 0 saturated heterocycles. The summed E-state index contributed by atoms with van der Waals surface area (Å²) in [4.78, 5) is 23.3. The van der Waals surface area contributed by atoms with E-state index in [1.165, 1.54) is 24.3 Å². The Labute approximate surface area is 157 Å². The minimum absolute atomic E-state index is 0.0483. The van der Waals surface area contributed by atoms with Gasteiger partial charge in [-0.05, 0) is 55.3 Å². The van der Waals surface area contributed by atoms with Crippen molar-refractivity contribution in [2.24, 2.45) is 0 Å². The van der Waals surface area contributed by atoms with Crippen LogP contribution in [0.15, 0.2) is 54.1 Å². The molecule has 2 rings (SSSR count). The first kappa shape index (κ1) is 19.7. The zero-order valence-electron chi connectivity index (χ0n) is 15.1. The standard InChI is InChI=1S/C21H20N2O4/c1-3-14(2)27-19-9-7-15(8-10-19)11-17(13-22)20(24)23-18-6-4-5-16(12-18)21(25)26/h4-12,14H,3H2,1-2H3,(H,23,24)(H,25,26)/b17-11-/t14-/m0/s1. The number of rotatable bonds is 7. The number of nitrogens with one attached hydrogen (secondary N) is 1. The molecule has 0 aliphatic heterocycles. The number of ether oxygens (including phenoxy) is 1. The van der Waals surface area contributed by atoms with E-state index in [2.05, 4.69) is 5.32 Å². The zero-order chi connectivity index (χ0) is 19.8. The number of carboxylic acids is 1. The average Bonchev–Trinajstić information content (AvgIpc) is 2.67. The molecule has 0 heterocycles. The minimum atomic E-state index is -1.10. The number of nitriles is 1. The van der Waals surface area contributed by atoms with Crippen molar-refractivity contribution in [3.05, 3.63) is 65.2 Å². The molecule has 0 aliphatic rings. The molecule has 0 bridgehead atoms. The maximum atomic E-state index is 12.3. The van der Waals surface area contributed by atoms with E-state index in [4.69, 9.17) is 9.84 Å². The molecular weight excluding hydrogens is 344 g/mol. The van der Waals surface area contributed by atoms with Gasteiger partial charge in [-0.25, -0.2) is 4.79 Å². The van der Waals surface area contributed by atoms with Crippen LogP contribution >= 0.6 is 0 Å². The highest BCUT2D eigenvalue weighted by Gasteiger charge is 2.11. The highest BCUT2D eigenvalue weighted by molar-refractivity contribution is 6.10. The number of hydrogen-bond acceptors (Lipinski definition) is 4. The number of aromatic carboxylic acids is 1. The first-order valence-corrected chi connectivity index (χ1v) is 8.46. The molecule has 6 heteroatoms. The van der Waals surface area contributed by atoms with Crippen LogP contribution in [-0.4, -0.2) is 23.1 Å². The first-order valence-electron chi connectivity index (χ1n) is 8.46. The van der Waals surface area contributed by atoms with Gasteiger partial charge in [0.1, 0.15) is 17.4 Å². The number of hydrogen-bond donors (Lipinski definition) is 2. The molecule has 0 saturated carbocycles. The van der Waals surface area contributed by atoms with E-state index in [-0.39, 0.29) is 17.2 Å². The molecule has 1 atom stereocenters. The van der Waals surface area contributed by atoms with Crippen LogP contribution in [-0.2, 0) is 4.79 Å². The van der Waals surface area contributed by atoms with E-state index in [9.17, 15) is 14.9 Å². The monoisotopic (exact) mass is 364 g/mol. The van der Waals surface area contributed by atoms with E-state index in [0.29, 0.717) is 11.3 Å². The number of nitrogens with zero attached hydrogens (tertiary/aromatic N) is 1. The van der Waals surface area contributed by atoms with Crippen molar-refractivity contribution in [3.63, 3.8) is 0 Å². The Kier molecular flexibility index (Phi) is 6.73. The predicted molar refractivity (Wildman–Crippen MR) is 102 cm³/mol. The van der Waals surface area contributed by atoms with Gasteiger partial charge in [0.15, 0.2) is 0 Å². The molecule has 0 spiro atoms. The third-order valence-corrected chi connectivity index (χ3v) is 3.84. The van der Waals surface area contributed by atoms with E-state index in [0.717, 1.165) is 12.2 Å². The summed E-state index contributed by atoms with van der Waals surface area (Å²) in [6, 6.07) is 14.8. The van der Waals surface area contributed by atoms with Crippen molar-refractivity contribution in [3.8, 4) is 11.8 Å². The lowest BCUT2D eigenvalue weighted by Crippen LogP contribution is -2.14. The number of amides is 1. The molecule has 2 N–H and O–H groups in total. The van der Waals surface area contributed by atoms with Crippen LogP contribution in [0.1, 0.15) is 36.2 Å². The molecule has 2 aromatic carbocycles. The van der Waals surface area contributed by atoms with Crippen LogP contribution in [0.4, 0.5) is 5.69 Å². The van der Waals surface area contributed by atoms with Gasteiger partial charge in [-0.3, -0.25) is 4.79 Å². The number of benzene rings is 2. The summed E-state index contributed by atoms with van der Waals surface area (Å²) in [5.41, 5.74) is 0.939. The molecule has 0 unspecified atom stereocenters. The lowest BCUT2D eigenvalue weighted by Gasteiger charge is -2.12. The summed E-state index contributed by atoms with van der Waals surface area (Å²) in [5, 5.41) is 20.8. The predicted octanol–water partition coefficient (Wildman–Crippen LogP) is 4.11. The molecule has 0 radical (unpaired) electrons. The largest absolute Gasteiger partial charge is 0.491 e.